The first-order valence-electron chi connectivity index (χ1n) is 11.6. The number of sulfonamides is 1. The highest BCUT2D eigenvalue weighted by Crippen LogP contribution is 2.30. The van der Waals surface area contributed by atoms with Crippen molar-refractivity contribution in [3.05, 3.63) is 83.4 Å². The Morgan fingerprint density at radius 1 is 0.917 bits per heavy atom. The molecule has 190 valence electrons. The molecule has 1 aliphatic heterocycles. The molecule has 0 saturated carbocycles. The molecule has 1 N–H and O–H groups in total. The number of nitrogens with zero attached hydrogens (tertiary/aromatic N) is 1. The quantitative estimate of drug-likeness (QED) is 0.475. The molecule has 9 heteroatoms. The number of amides is 1. The molecule has 0 unspecified atom stereocenters. The van der Waals surface area contributed by atoms with Crippen LogP contribution in [0.3, 0.4) is 0 Å². The highest BCUT2D eigenvalue weighted by atomic mass is 32.2. The minimum Gasteiger partial charge on any atom is -0.497 e. The topological polar surface area (TPSA) is 94.2 Å². The number of carbonyl (C=O) groups is 1. The van der Waals surface area contributed by atoms with Crippen LogP contribution < -0.4 is 19.5 Å². The summed E-state index contributed by atoms with van der Waals surface area (Å²) >= 11 is 0. The van der Waals surface area contributed by atoms with Gasteiger partial charge in [0, 0.05) is 13.1 Å². The second-order valence-corrected chi connectivity index (χ2v) is 10.3. The zero-order chi connectivity index (χ0) is 25.7. The van der Waals surface area contributed by atoms with E-state index in [0.29, 0.717) is 36.6 Å². The summed E-state index contributed by atoms with van der Waals surface area (Å²) in [5.41, 5.74) is 2.83. The smallest absolute Gasteiger partial charge is 0.244 e. The minimum atomic E-state index is -3.93. The van der Waals surface area contributed by atoms with E-state index >= 15 is 0 Å². The fourth-order valence-corrected chi connectivity index (χ4v) is 5.91. The number of ether oxygens (including phenoxy) is 3. The molecule has 0 saturated heterocycles. The van der Waals surface area contributed by atoms with Crippen LogP contribution in [0, 0.1) is 0 Å². The average molecular weight is 511 g/mol. The van der Waals surface area contributed by atoms with Crippen LogP contribution in [-0.2, 0) is 34.2 Å². The molecule has 0 bridgehead atoms. The van der Waals surface area contributed by atoms with Crippen LogP contribution in [0.15, 0.2) is 71.6 Å². The first-order chi connectivity index (χ1) is 17.4. The van der Waals surface area contributed by atoms with Gasteiger partial charge >= 0.3 is 0 Å². The summed E-state index contributed by atoms with van der Waals surface area (Å²) in [6.45, 7) is 0.473. The van der Waals surface area contributed by atoms with Crippen molar-refractivity contribution in [2.24, 2.45) is 0 Å². The Morgan fingerprint density at radius 2 is 1.61 bits per heavy atom. The number of rotatable bonds is 9. The van der Waals surface area contributed by atoms with Gasteiger partial charge in [-0.05, 0) is 65.9 Å². The van der Waals surface area contributed by atoms with Gasteiger partial charge in [-0.1, -0.05) is 30.3 Å². The Kier molecular flexibility index (Phi) is 7.81. The molecule has 1 amide bonds. The van der Waals surface area contributed by atoms with Gasteiger partial charge in [-0.15, -0.1) is 0 Å². The van der Waals surface area contributed by atoms with E-state index in [1.807, 2.05) is 42.5 Å². The van der Waals surface area contributed by atoms with Crippen molar-refractivity contribution in [3.63, 3.8) is 0 Å². The average Bonchev–Trinajstić information content (AvgIpc) is 2.92. The lowest BCUT2D eigenvalue weighted by atomic mass is 9.95. The monoisotopic (exact) mass is 510 g/mol. The second-order valence-electron chi connectivity index (χ2n) is 8.44. The van der Waals surface area contributed by atoms with E-state index in [1.54, 1.807) is 26.4 Å². The van der Waals surface area contributed by atoms with Gasteiger partial charge in [-0.25, -0.2) is 8.42 Å². The van der Waals surface area contributed by atoms with Gasteiger partial charge in [0.15, 0.2) is 11.5 Å². The molecule has 8 nitrogen and oxygen atoms in total. The molecule has 0 fully saturated rings. The summed E-state index contributed by atoms with van der Waals surface area (Å²) in [5, 5.41) is 2.93. The summed E-state index contributed by atoms with van der Waals surface area (Å²) < 4.78 is 44.3. The normalized spacial score (nSPS) is 15.6. The summed E-state index contributed by atoms with van der Waals surface area (Å²) in [4.78, 5) is 13.4. The predicted molar refractivity (Wildman–Crippen MR) is 136 cm³/mol. The lowest BCUT2D eigenvalue weighted by Gasteiger charge is -2.35. The van der Waals surface area contributed by atoms with Crippen molar-refractivity contribution in [1.29, 1.82) is 0 Å². The van der Waals surface area contributed by atoms with E-state index in [9.17, 15) is 13.2 Å². The Hall–Kier alpha value is -3.56. The Labute approximate surface area is 211 Å². The molecular weight excluding hydrogens is 480 g/mol. The van der Waals surface area contributed by atoms with Crippen molar-refractivity contribution >= 4 is 15.9 Å². The summed E-state index contributed by atoms with van der Waals surface area (Å²) in [7, 11) is 0.737. The Bertz CT molecular complexity index is 1320. The summed E-state index contributed by atoms with van der Waals surface area (Å²) in [6, 6.07) is 18.5. The molecule has 0 radical (unpaired) electrons. The van der Waals surface area contributed by atoms with Crippen molar-refractivity contribution in [1.82, 2.24) is 9.62 Å². The van der Waals surface area contributed by atoms with E-state index in [4.69, 9.17) is 14.2 Å². The fraction of sp³-hybridized carbons (Fsp3) is 0.296. The maximum Gasteiger partial charge on any atom is 0.244 e. The van der Waals surface area contributed by atoms with Gasteiger partial charge in [-0.3, -0.25) is 4.79 Å². The zero-order valence-electron chi connectivity index (χ0n) is 20.6. The molecule has 1 heterocycles. The van der Waals surface area contributed by atoms with E-state index < -0.39 is 16.1 Å². The number of hydrogen-bond acceptors (Lipinski definition) is 6. The standard InChI is InChI=1S/C27H30N2O6S/c1-33-22-9-11-23(12-10-22)36(31,32)29-18-21-7-5-4-6-20(21)17-24(29)27(30)28-15-14-19-8-13-25(34-2)26(16-19)35-3/h4-13,16,24H,14-15,17-18H2,1-3H3,(H,28,30)/t24-/m0/s1. The molecule has 3 aromatic rings. The van der Waals surface area contributed by atoms with Gasteiger partial charge in [0.25, 0.3) is 0 Å². The lowest BCUT2D eigenvalue weighted by molar-refractivity contribution is -0.125. The van der Waals surface area contributed by atoms with Crippen LogP contribution >= 0.6 is 0 Å². The predicted octanol–water partition coefficient (Wildman–Crippen LogP) is 3.19. The van der Waals surface area contributed by atoms with Gasteiger partial charge in [-0.2, -0.15) is 4.31 Å². The number of benzene rings is 3. The maximum atomic E-state index is 13.6. The number of nitrogens with one attached hydrogen (secondary N) is 1. The first kappa shape index (κ1) is 25.5. The summed E-state index contributed by atoms with van der Waals surface area (Å²) in [5.74, 6) is 1.47. The van der Waals surface area contributed by atoms with Crippen LogP contribution in [0.4, 0.5) is 0 Å². The van der Waals surface area contributed by atoms with Crippen molar-refractivity contribution in [2.75, 3.05) is 27.9 Å². The van der Waals surface area contributed by atoms with Gasteiger partial charge in [0.2, 0.25) is 15.9 Å². The molecule has 0 spiro atoms. The highest BCUT2D eigenvalue weighted by Gasteiger charge is 2.39. The first-order valence-corrected chi connectivity index (χ1v) is 13.0. The third kappa shape index (κ3) is 5.32. The Balaban J connectivity index is 1.53. The van der Waals surface area contributed by atoms with Gasteiger partial charge in [0.05, 0.1) is 26.2 Å². The fourth-order valence-electron chi connectivity index (χ4n) is 4.34. The van der Waals surface area contributed by atoms with Gasteiger partial charge < -0.3 is 19.5 Å². The Morgan fingerprint density at radius 3 is 2.28 bits per heavy atom. The minimum absolute atomic E-state index is 0.116. The number of fused-ring (bicyclic) bond motifs is 1. The van der Waals surface area contributed by atoms with Crippen LogP contribution in [0.25, 0.3) is 0 Å². The highest BCUT2D eigenvalue weighted by molar-refractivity contribution is 7.89. The second kappa shape index (κ2) is 11.0. The number of carbonyl (C=O) groups excluding carboxylic acids is 1. The SMILES string of the molecule is COc1ccc(S(=O)(=O)N2Cc3ccccc3C[C@H]2C(=O)NCCc2ccc(OC)c(OC)c2)cc1. The van der Waals surface area contributed by atoms with Crippen molar-refractivity contribution < 1.29 is 27.4 Å². The zero-order valence-corrected chi connectivity index (χ0v) is 21.4. The van der Waals surface area contributed by atoms with E-state index in [2.05, 4.69) is 5.32 Å². The van der Waals surface area contributed by atoms with Crippen LogP contribution in [0.5, 0.6) is 17.2 Å². The van der Waals surface area contributed by atoms with Gasteiger partial charge in [0.1, 0.15) is 11.8 Å². The van der Waals surface area contributed by atoms with Crippen molar-refractivity contribution in [2.45, 2.75) is 30.3 Å². The number of methoxy groups -OCH3 is 3. The van der Waals surface area contributed by atoms with Crippen LogP contribution in [-0.4, -0.2) is 52.5 Å². The number of hydrogen-bond donors (Lipinski definition) is 1. The third-order valence-corrected chi connectivity index (χ3v) is 8.20. The molecular formula is C27H30N2O6S. The molecule has 3 aromatic carbocycles. The van der Waals surface area contributed by atoms with Crippen LogP contribution in [0.2, 0.25) is 0 Å². The van der Waals surface area contributed by atoms with E-state index in [0.717, 1.165) is 16.7 Å². The molecule has 1 atom stereocenters. The molecule has 36 heavy (non-hydrogen) atoms. The largest absolute Gasteiger partial charge is 0.497 e. The molecule has 4 rings (SSSR count). The molecule has 0 aromatic heterocycles. The summed E-state index contributed by atoms with van der Waals surface area (Å²) in [6.07, 6.45) is 0.856. The van der Waals surface area contributed by atoms with Crippen LogP contribution in [0.1, 0.15) is 16.7 Å². The van der Waals surface area contributed by atoms with Crippen molar-refractivity contribution in [3.8, 4) is 17.2 Å². The van der Waals surface area contributed by atoms with E-state index in [-0.39, 0.29) is 17.3 Å². The molecule has 0 aliphatic carbocycles. The maximum absolute atomic E-state index is 13.6. The lowest BCUT2D eigenvalue weighted by Crippen LogP contribution is -2.52. The molecule has 1 aliphatic rings. The van der Waals surface area contributed by atoms with E-state index in [1.165, 1.54) is 23.5 Å². The third-order valence-electron chi connectivity index (χ3n) is 6.33.